The van der Waals surface area contributed by atoms with Crippen molar-refractivity contribution in [2.45, 2.75) is 37.8 Å². The van der Waals surface area contributed by atoms with Crippen LogP contribution in [0.25, 0.3) is 0 Å². The first kappa shape index (κ1) is 20.0. The van der Waals surface area contributed by atoms with Crippen LogP contribution in [0.2, 0.25) is 0 Å². The first-order valence-electron chi connectivity index (χ1n) is 9.44. The van der Waals surface area contributed by atoms with E-state index in [4.69, 9.17) is 4.74 Å². The fourth-order valence-corrected chi connectivity index (χ4v) is 3.99. The van der Waals surface area contributed by atoms with E-state index in [0.29, 0.717) is 37.2 Å². The molecule has 2 aliphatic rings. The zero-order chi connectivity index (χ0) is 19.7. The summed E-state index contributed by atoms with van der Waals surface area (Å²) in [6, 6.07) is 4.45. The third-order valence-electron chi connectivity index (χ3n) is 5.75. The number of aliphatic hydroxyl groups excluding tert-OH is 1. The van der Waals surface area contributed by atoms with Crippen LogP contribution in [-0.4, -0.2) is 71.9 Å². The molecule has 1 saturated heterocycles. The lowest BCUT2D eigenvalue weighted by Gasteiger charge is -2.40. The van der Waals surface area contributed by atoms with Gasteiger partial charge in [-0.15, -0.1) is 0 Å². The van der Waals surface area contributed by atoms with Crippen LogP contribution in [0.15, 0.2) is 18.2 Å². The number of piperidine rings is 1. The number of carbonyl (C=O) groups excluding carboxylic acids is 1. The largest absolute Gasteiger partial charge is 0.497 e. The molecule has 2 N–H and O–H groups in total. The summed E-state index contributed by atoms with van der Waals surface area (Å²) in [6.45, 7) is 1.59. The number of benzene rings is 1. The van der Waals surface area contributed by atoms with Crippen molar-refractivity contribution in [3.63, 3.8) is 0 Å². The van der Waals surface area contributed by atoms with E-state index in [1.165, 1.54) is 24.1 Å². The summed E-state index contributed by atoms with van der Waals surface area (Å²) in [5.41, 5.74) is -1.18. The summed E-state index contributed by atoms with van der Waals surface area (Å²) in [5.74, 6) is -0.227. The minimum atomic E-state index is -1.48. The summed E-state index contributed by atoms with van der Waals surface area (Å²) in [6.07, 6.45) is 3.00. The Balaban J connectivity index is 1.67. The van der Waals surface area contributed by atoms with E-state index in [1.54, 1.807) is 6.07 Å². The van der Waals surface area contributed by atoms with Crippen LogP contribution in [0.4, 0.5) is 4.39 Å². The van der Waals surface area contributed by atoms with Gasteiger partial charge in [0.1, 0.15) is 11.6 Å². The molecule has 1 saturated carbocycles. The second-order valence-corrected chi connectivity index (χ2v) is 8.15. The number of hydrogen-bond donors (Lipinski definition) is 2. The van der Waals surface area contributed by atoms with E-state index in [2.05, 4.69) is 0 Å². The van der Waals surface area contributed by atoms with Crippen molar-refractivity contribution >= 4 is 5.91 Å². The highest BCUT2D eigenvalue weighted by Gasteiger charge is 2.46. The van der Waals surface area contributed by atoms with Gasteiger partial charge in [-0.1, -0.05) is 0 Å². The van der Waals surface area contributed by atoms with Crippen LogP contribution in [0.5, 0.6) is 5.75 Å². The van der Waals surface area contributed by atoms with E-state index >= 15 is 0 Å². The van der Waals surface area contributed by atoms with Gasteiger partial charge >= 0.3 is 0 Å². The number of hydrogen-bond acceptors (Lipinski definition) is 5. The minimum Gasteiger partial charge on any atom is -0.497 e. The molecule has 150 valence electrons. The summed E-state index contributed by atoms with van der Waals surface area (Å²) in [5, 5.41) is 20.5. The number of halogens is 1. The number of amides is 1. The molecule has 27 heavy (non-hydrogen) atoms. The number of likely N-dealkylation sites (tertiary alicyclic amines) is 1. The normalized spacial score (nSPS) is 24.4. The molecular formula is C20H29FN2O4. The van der Waals surface area contributed by atoms with Gasteiger partial charge in [0.25, 0.3) is 5.91 Å². The summed E-state index contributed by atoms with van der Waals surface area (Å²) in [4.78, 5) is 16.4. The fraction of sp³-hybridized carbons (Fsp3) is 0.650. The Morgan fingerprint density at radius 3 is 2.67 bits per heavy atom. The van der Waals surface area contributed by atoms with Gasteiger partial charge in [0, 0.05) is 43.8 Å². The van der Waals surface area contributed by atoms with Gasteiger partial charge in [-0.05, 0) is 50.9 Å². The van der Waals surface area contributed by atoms with Gasteiger partial charge in [-0.3, -0.25) is 4.79 Å². The number of carbonyl (C=O) groups is 1. The maximum atomic E-state index is 14.1. The van der Waals surface area contributed by atoms with Crippen molar-refractivity contribution in [2.75, 3.05) is 40.4 Å². The highest BCUT2D eigenvalue weighted by Crippen LogP contribution is 2.45. The smallest absolute Gasteiger partial charge is 0.256 e. The van der Waals surface area contributed by atoms with E-state index in [0.717, 1.165) is 12.8 Å². The molecule has 1 heterocycles. The molecule has 0 radical (unpaired) electrons. The van der Waals surface area contributed by atoms with Crippen LogP contribution in [0.3, 0.4) is 0 Å². The molecule has 0 aromatic heterocycles. The third-order valence-corrected chi connectivity index (χ3v) is 5.75. The van der Waals surface area contributed by atoms with E-state index in [-0.39, 0.29) is 31.0 Å². The second-order valence-electron chi connectivity index (χ2n) is 8.15. The molecule has 7 heteroatoms. The van der Waals surface area contributed by atoms with Crippen molar-refractivity contribution in [1.29, 1.82) is 0 Å². The van der Waals surface area contributed by atoms with Crippen LogP contribution >= 0.6 is 0 Å². The summed E-state index contributed by atoms with van der Waals surface area (Å²) >= 11 is 0. The number of rotatable bonds is 8. The van der Waals surface area contributed by atoms with Gasteiger partial charge in [0.15, 0.2) is 5.60 Å². The van der Waals surface area contributed by atoms with Gasteiger partial charge in [-0.25, -0.2) is 4.39 Å². The molecule has 2 fully saturated rings. The van der Waals surface area contributed by atoms with Gasteiger partial charge < -0.3 is 24.7 Å². The maximum Gasteiger partial charge on any atom is 0.256 e. The van der Waals surface area contributed by atoms with Crippen molar-refractivity contribution in [2.24, 2.45) is 5.41 Å². The van der Waals surface area contributed by atoms with Crippen molar-refractivity contribution < 1.29 is 24.1 Å². The average molecular weight is 380 g/mol. The van der Waals surface area contributed by atoms with Crippen LogP contribution in [-0.2, 0) is 11.3 Å². The number of ether oxygens (including phenoxy) is 1. The SMILES string of the molecule is COc1ccc(F)c(CN2CCCC(O)(CN(C)CC3(CO)CC3)C2=O)c1. The summed E-state index contributed by atoms with van der Waals surface area (Å²) in [7, 11) is 3.37. The number of nitrogens with zero attached hydrogens (tertiary/aromatic N) is 2. The molecule has 6 nitrogen and oxygen atoms in total. The molecule has 1 aliphatic heterocycles. The molecular weight excluding hydrogens is 351 g/mol. The molecule has 1 aromatic rings. The lowest BCUT2D eigenvalue weighted by atomic mass is 9.90. The zero-order valence-electron chi connectivity index (χ0n) is 16.1. The van der Waals surface area contributed by atoms with Crippen LogP contribution in [0.1, 0.15) is 31.2 Å². The maximum absolute atomic E-state index is 14.1. The topological polar surface area (TPSA) is 73.2 Å². The first-order valence-corrected chi connectivity index (χ1v) is 9.44. The molecule has 1 unspecified atom stereocenters. The van der Waals surface area contributed by atoms with E-state index in [9.17, 15) is 19.4 Å². The minimum absolute atomic E-state index is 0.0772. The Labute approximate surface area is 159 Å². The molecule has 0 spiro atoms. The van der Waals surface area contributed by atoms with Crippen LogP contribution < -0.4 is 4.74 Å². The second kappa shape index (κ2) is 7.73. The lowest BCUT2D eigenvalue weighted by Crippen LogP contribution is -2.58. The molecule has 1 amide bonds. The third kappa shape index (κ3) is 4.42. The molecule has 0 bridgehead atoms. The Morgan fingerprint density at radius 2 is 2.04 bits per heavy atom. The van der Waals surface area contributed by atoms with Crippen molar-refractivity contribution in [3.8, 4) is 5.75 Å². The molecule has 1 aliphatic carbocycles. The number of methoxy groups -OCH3 is 1. The molecule has 1 atom stereocenters. The Hall–Kier alpha value is -1.70. The average Bonchev–Trinajstić information content (AvgIpc) is 3.40. The van der Waals surface area contributed by atoms with Gasteiger partial charge in [0.2, 0.25) is 0 Å². The van der Waals surface area contributed by atoms with Crippen LogP contribution in [0, 0.1) is 11.2 Å². The van der Waals surface area contributed by atoms with Gasteiger partial charge in [0.05, 0.1) is 7.11 Å². The Morgan fingerprint density at radius 1 is 1.30 bits per heavy atom. The highest BCUT2D eigenvalue weighted by atomic mass is 19.1. The number of aliphatic hydroxyl groups is 2. The zero-order valence-corrected chi connectivity index (χ0v) is 16.1. The fourth-order valence-electron chi connectivity index (χ4n) is 3.99. The quantitative estimate of drug-likeness (QED) is 0.713. The van der Waals surface area contributed by atoms with Crippen molar-refractivity contribution in [3.05, 3.63) is 29.6 Å². The summed E-state index contributed by atoms with van der Waals surface area (Å²) < 4.78 is 19.3. The standard InChI is InChI=1S/C20H29FN2O4/c1-22(12-19(14-24)7-8-19)13-20(26)6-3-9-23(18(20)25)11-15-10-16(27-2)4-5-17(15)21/h4-5,10,24,26H,3,6-9,11-14H2,1-2H3. The Bertz CT molecular complexity index is 695. The monoisotopic (exact) mass is 380 g/mol. The lowest BCUT2D eigenvalue weighted by molar-refractivity contribution is -0.160. The van der Waals surface area contributed by atoms with Crippen molar-refractivity contribution in [1.82, 2.24) is 9.80 Å². The predicted molar refractivity (Wildman–Crippen MR) is 98.8 cm³/mol. The molecule has 1 aromatic carbocycles. The highest BCUT2D eigenvalue weighted by molar-refractivity contribution is 5.86. The van der Waals surface area contributed by atoms with Gasteiger partial charge in [-0.2, -0.15) is 0 Å². The van der Waals surface area contributed by atoms with E-state index < -0.39 is 11.4 Å². The first-order chi connectivity index (χ1) is 12.8. The molecule has 3 rings (SSSR count). The Kier molecular flexibility index (Phi) is 5.74. The predicted octanol–water partition coefficient (Wildman–Crippen LogP) is 1.39. The number of likely N-dealkylation sites (N-methyl/N-ethyl adjacent to an activating group) is 1. The van der Waals surface area contributed by atoms with E-state index in [1.807, 2.05) is 11.9 Å².